The van der Waals surface area contributed by atoms with E-state index in [1.807, 2.05) is 26.6 Å². The lowest BCUT2D eigenvalue weighted by Gasteiger charge is -2.25. The zero-order valence-electron chi connectivity index (χ0n) is 14.2. The Morgan fingerprint density at radius 2 is 1.88 bits per heavy atom. The lowest BCUT2D eigenvalue weighted by molar-refractivity contribution is -0.131. The number of nitrogens with one attached hydrogen (secondary N) is 1. The van der Waals surface area contributed by atoms with Crippen LogP contribution in [0.4, 0.5) is 0 Å². The molecule has 2 amide bonds. The summed E-state index contributed by atoms with van der Waals surface area (Å²) >= 11 is 1.55. The highest BCUT2D eigenvalue weighted by atomic mass is 32.1. The Balaban J connectivity index is 1.46. The maximum absolute atomic E-state index is 12.5. The van der Waals surface area contributed by atoms with Crippen LogP contribution in [0.5, 0.6) is 0 Å². The molecule has 2 fully saturated rings. The standard InChI is InChI=1S/C18H27N3O2S/c22-17(3-2-15-4-7-19-8-5-15)20-9-1-10-21(12-11-20)18(23)16-6-13-24-14-16/h6,13-15,19H,1-5,7-12H2. The van der Waals surface area contributed by atoms with E-state index in [1.54, 1.807) is 11.3 Å². The van der Waals surface area contributed by atoms with E-state index in [-0.39, 0.29) is 11.8 Å². The van der Waals surface area contributed by atoms with Gasteiger partial charge in [0.2, 0.25) is 5.91 Å². The van der Waals surface area contributed by atoms with Gasteiger partial charge in [0.1, 0.15) is 0 Å². The van der Waals surface area contributed by atoms with Crippen LogP contribution in [0.15, 0.2) is 16.8 Å². The number of hydrogen-bond donors (Lipinski definition) is 1. The highest BCUT2D eigenvalue weighted by Gasteiger charge is 2.23. The number of amides is 2. The van der Waals surface area contributed by atoms with Crippen molar-refractivity contribution in [3.63, 3.8) is 0 Å². The van der Waals surface area contributed by atoms with Crippen LogP contribution in [0.25, 0.3) is 0 Å². The normalized spacial score (nSPS) is 20.0. The first-order valence-electron chi connectivity index (χ1n) is 9.04. The quantitative estimate of drug-likeness (QED) is 0.907. The molecule has 3 rings (SSSR count). The molecule has 0 radical (unpaired) electrons. The highest BCUT2D eigenvalue weighted by Crippen LogP contribution is 2.19. The Bertz CT molecular complexity index is 540. The fourth-order valence-electron chi connectivity index (χ4n) is 3.59. The molecule has 0 aromatic carbocycles. The molecule has 6 heteroatoms. The van der Waals surface area contributed by atoms with Crippen molar-refractivity contribution < 1.29 is 9.59 Å². The predicted octanol–water partition coefficient (Wildman–Crippen LogP) is 2.20. The van der Waals surface area contributed by atoms with Crippen molar-refractivity contribution in [3.8, 4) is 0 Å². The van der Waals surface area contributed by atoms with Crippen LogP contribution in [0.2, 0.25) is 0 Å². The lowest BCUT2D eigenvalue weighted by atomic mass is 9.93. The molecule has 0 bridgehead atoms. The summed E-state index contributed by atoms with van der Waals surface area (Å²) in [5.74, 6) is 1.05. The molecule has 2 aliphatic heterocycles. The summed E-state index contributed by atoms with van der Waals surface area (Å²) in [4.78, 5) is 28.8. The number of hydrogen-bond acceptors (Lipinski definition) is 4. The maximum atomic E-state index is 12.5. The van der Waals surface area contributed by atoms with Gasteiger partial charge in [0.25, 0.3) is 5.91 Å². The molecule has 2 saturated heterocycles. The largest absolute Gasteiger partial charge is 0.341 e. The fraction of sp³-hybridized carbons (Fsp3) is 0.667. The van der Waals surface area contributed by atoms with E-state index in [4.69, 9.17) is 0 Å². The van der Waals surface area contributed by atoms with Crippen molar-refractivity contribution in [2.24, 2.45) is 5.92 Å². The van der Waals surface area contributed by atoms with Crippen molar-refractivity contribution in [3.05, 3.63) is 22.4 Å². The molecule has 3 heterocycles. The summed E-state index contributed by atoms with van der Waals surface area (Å²) in [6, 6.07) is 1.87. The summed E-state index contributed by atoms with van der Waals surface area (Å²) in [5.41, 5.74) is 0.769. The Morgan fingerprint density at radius 3 is 2.62 bits per heavy atom. The van der Waals surface area contributed by atoms with Gasteiger partial charge in [0, 0.05) is 38.0 Å². The Labute approximate surface area is 148 Å². The average Bonchev–Trinajstić information content (AvgIpc) is 3.04. The summed E-state index contributed by atoms with van der Waals surface area (Å²) in [6.45, 7) is 5.00. The van der Waals surface area contributed by atoms with Crippen LogP contribution >= 0.6 is 11.3 Å². The average molecular weight is 350 g/mol. The first kappa shape index (κ1) is 17.4. The smallest absolute Gasteiger partial charge is 0.254 e. The Kier molecular flexibility index (Phi) is 6.26. The van der Waals surface area contributed by atoms with Crippen molar-refractivity contribution >= 4 is 23.2 Å². The van der Waals surface area contributed by atoms with Gasteiger partial charge in [-0.2, -0.15) is 11.3 Å². The first-order chi connectivity index (χ1) is 11.7. The van der Waals surface area contributed by atoms with E-state index >= 15 is 0 Å². The summed E-state index contributed by atoms with van der Waals surface area (Å²) < 4.78 is 0. The van der Waals surface area contributed by atoms with Gasteiger partial charge >= 0.3 is 0 Å². The molecule has 0 spiro atoms. The van der Waals surface area contributed by atoms with Gasteiger partial charge in [0.15, 0.2) is 0 Å². The van der Waals surface area contributed by atoms with Gasteiger partial charge in [-0.3, -0.25) is 9.59 Å². The molecule has 5 nitrogen and oxygen atoms in total. The monoisotopic (exact) mass is 349 g/mol. The maximum Gasteiger partial charge on any atom is 0.254 e. The van der Waals surface area contributed by atoms with Crippen LogP contribution in [0.3, 0.4) is 0 Å². The second-order valence-corrected chi connectivity index (χ2v) is 7.55. The minimum Gasteiger partial charge on any atom is -0.341 e. The van der Waals surface area contributed by atoms with Crippen LogP contribution in [0.1, 0.15) is 42.5 Å². The molecular formula is C18H27N3O2S. The Morgan fingerprint density at radius 1 is 1.12 bits per heavy atom. The van der Waals surface area contributed by atoms with Crippen LogP contribution in [-0.2, 0) is 4.79 Å². The third kappa shape index (κ3) is 4.57. The third-order valence-electron chi connectivity index (χ3n) is 5.13. The molecule has 0 unspecified atom stereocenters. The van der Waals surface area contributed by atoms with Crippen LogP contribution < -0.4 is 5.32 Å². The number of carbonyl (C=O) groups excluding carboxylic acids is 2. The third-order valence-corrected chi connectivity index (χ3v) is 5.81. The van der Waals surface area contributed by atoms with Crippen molar-refractivity contribution in [1.82, 2.24) is 15.1 Å². The summed E-state index contributed by atoms with van der Waals surface area (Å²) in [6.07, 6.45) is 4.92. The molecule has 1 aromatic heterocycles. The predicted molar refractivity (Wildman–Crippen MR) is 96.2 cm³/mol. The molecular weight excluding hydrogens is 322 g/mol. The zero-order valence-corrected chi connectivity index (χ0v) is 15.0. The molecule has 24 heavy (non-hydrogen) atoms. The van der Waals surface area contributed by atoms with Gasteiger partial charge in [-0.25, -0.2) is 0 Å². The number of piperidine rings is 1. The van der Waals surface area contributed by atoms with Crippen molar-refractivity contribution in [1.29, 1.82) is 0 Å². The summed E-state index contributed by atoms with van der Waals surface area (Å²) in [5, 5.41) is 7.20. The number of carbonyl (C=O) groups is 2. The fourth-order valence-corrected chi connectivity index (χ4v) is 4.22. The number of rotatable bonds is 4. The van der Waals surface area contributed by atoms with Crippen molar-refractivity contribution in [2.75, 3.05) is 39.3 Å². The van der Waals surface area contributed by atoms with Crippen molar-refractivity contribution in [2.45, 2.75) is 32.1 Å². The molecule has 0 saturated carbocycles. The van der Waals surface area contributed by atoms with E-state index in [0.717, 1.165) is 44.6 Å². The molecule has 1 N–H and O–H groups in total. The van der Waals surface area contributed by atoms with Gasteiger partial charge < -0.3 is 15.1 Å². The topological polar surface area (TPSA) is 52.7 Å². The number of nitrogens with zero attached hydrogens (tertiary/aromatic N) is 2. The zero-order chi connectivity index (χ0) is 16.8. The minimum absolute atomic E-state index is 0.0975. The Hall–Kier alpha value is -1.40. The van der Waals surface area contributed by atoms with Gasteiger partial charge in [0.05, 0.1) is 5.56 Å². The molecule has 0 aliphatic carbocycles. The van der Waals surface area contributed by atoms with Crippen LogP contribution in [0, 0.1) is 5.92 Å². The summed E-state index contributed by atoms with van der Waals surface area (Å²) in [7, 11) is 0. The van der Waals surface area contributed by atoms with E-state index in [9.17, 15) is 9.59 Å². The second-order valence-electron chi connectivity index (χ2n) is 6.77. The van der Waals surface area contributed by atoms with Gasteiger partial charge in [-0.1, -0.05) is 0 Å². The molecule has 1 aromatic rings. The lowest BCUT2D eigenvalue weighted by Crippen LogP contribution is -2.37. The number of thiophene rings is 1. The second kappa shape index (κ2) is 8.62. The minimum atomic E-state index is 0.0975. The highest BCUT2D eigenvalue weighted by molar-refractivity contribution is 7.08. The SMILES string of the molecule is O=C(CCC1CCNCC1)N1CCCN(C(=O)c2ccsc2)CC1. The van der Waals surface area contributed by atoms with E-state index in [0.29, 0.717) is 25.4 Å². The molecule has 132 valence electrons. The first-order valence-corrected chi connectivity index (χ1v) is 9.98. The van der Waals surface area contributed by atoms with Gasteiger partial charge in [-0.05, 0) is 56.1 Å². The molecule has 2 aliphatic rings. The van der Waals surface area contributed by atoms with Gasteiger partial charge in [-0.15, -0.1) is 0 Å². The molecule has 0 atom stereocenters. The van der Waals surface area contributed by atoms with E-state index in [1.165, 1.54) is 12.8 Å². The van der Waals surface area contributed by atoms with E-state index < -0.39 is 0 Å². The van der Waals surface area contributed by atoms with Crippen LogP contribution in [-0.4, -0.2) is 60.9 Å². The van der Waals surface area contributed by atoms with E-state index in [2.05, 4.69) is 5.32 Å².